The standard InChI is InChI=1S/C14H22N2/c1-3-16(4-2)13-8-6-5-7-12(13)11-14(15)9-10-14/h5-8H,3-4,9-11,15H2,1-2H3. The van der Waals surface area contributed by atoms with Crippen LogP contribution >= 0.6 is 0 Å². The number of hydrogen-bond acceptors (Lipinski definition) is 2. The van der Waals surface area contributed by atoms with Crippen LogP contribution in [0.4, 0.5) is 5.69 Å². The second kappa shape index (κ2) is 4.46. The van der Waals surface area contributed by atoms with E-state index in [1.165, 1.54) is 24.1 Å². The van der Waals surface area contributed by atoms with Crippen LogP contribution in [0.5, 0.6) is 0 Å². The molecule has 1 saturated carbocycles. The largest absolute Gasteiger partial charge is 0.372 e. The highest BCUT2D eigenvalue weighted by atomic mass is 15.1. The molecule has 1 aromatic carbocycles. The Bertz CT molecular complexity index is 352. The highest BCUT2D eigenvalue weighted by Gasteiger charge is 2.38. The van der Waals surface area contributed by atoms with Crippen molar-refractivity contribution in [2.45, 2.75) is 38.6 Å². The van der Waals surface area contributed by atoms with Crippen molar-refractivity contribution in [3.8, 4) is 0 Å². The van der Waals surface area contributed by atoms with Crippen molar-refractivity contribution in [1.29, 1.82) is 0 Å². The van der Waals surface area contributed by atoms with E-state index in [1.54, 1.807) is 0 Å². The Kier molecular flexibility index (Phi) is 3.20. The number of rotatable bonds is 5. The predicted molar refractivity (Wildman–Crippen MR) is 69.9 cm³/mol. The third-order valence-corrected chi connectivity index (χ3v) is 3.53. The minimum atomic E-state index is 0.100. The number of para-hydroxylation sites is 1. The molecule has 2 heteroatoms. The maximum Gasteiger partial charge on any atom is 0.0399 e. The smallest absolute Gasteiger partial charge is 0.0399 e. The molecule has 2 N–H and O–H groups in total. The molecule has 0 spiro atoms. The molecule has 1 aliphatic rings. The molecule has 1 fully saturated rings. The summed E-state index contributed by atoms with van der Waals surface area (Å²) in [7, 11) is 0. The quantitative estimate of drug-likeness (QED) is 0.823. The minimum Gasteiger partial charge on any atom is -0.372 e. The molecule has 0 aromatic heterocycles. The van der Waals surface area contributed by atoms with E-state index in [-0.39, 0.29) is 5.54 Å². The van der Waals surface area contributed by atoms with Gasteiger partial charge < -0.3 is 10.6 Å². The van der Waals surface area contributed by atoms with Gasteiger partial charge in [0.25, 0.3) is 0 Å². The zero-order chi connectivity index (χ0) is 11.6. The number of hydrogen-bond donors (Lipinski definition) is 1. The molecule has 0 amide bonds. The lowest BCUT2D eigenvalue weighted by Gasteiger charge is -2.25. The van der Waals surface area contributed by atoms with Crippen molar-refractivity contribution < 1.29 is 0 Å². The molecule has 0 radical (unpaired) electrons. The lowest BCUT2D eigenvalue weighted by molar-refractivity contribution is 0.669. The fourth-order valence-corrected chi connectivity index (χ4v) is 2.25. The molecule has 0 heterocycles. The number of nitrogens with two attached hydrogens (primary N) is 1. The first-order chi connectivity index (χ1) is 7.68. The highest BCUT2D eigenvalue weighted by molar-refractivity contribution is 5.54. The van der Waals surface area contributed by atoms with Crippen molar-refractivity contribution in [3.05, 3.63) is 29.8 Å². The summed E-state index contributed by atoms with van der Waals surface area (Å²) in [6, 6.07) is 8.68. The van der Waals surface area contributed by atoms with E-state index in [2.05, 4.69) is 43.0 Å². The summed E-state index contributed by atoms with van der Waals surface area (Å²) in [4.78, 5) is 2.40. The fourth-order valence-electron chi connectivity index (χ4n) is 2.25. The Morgan fingerprint density at radius 1 is 1.19 bits per heavy atom. The lowest BCUT2D eigenvalue weighted by Crippen LogP contribution is -2.28. The van der Waals surface area contributed by atoms with Gasteiger partial charge in [-0.1, -0.05) is 18.2 Å². The van der Waals surface area contributed by atoms with Gasteiger partial charge in [-0.2, -0.15) is 0 Å². The van der Waals surface area contributed by atoms with Crippen LogP contribution in [-0.2, 0) is 6.42 Å². The molecule has 2 nitrogen and oxygen atoms in total. The average molecular weight is 218 g/mol. The van der Waals surface area contributed by atoms with Gasteiger partial charge in [0, 0.05) is 24.3 Å². The second-order valence-corrected chi connectivity index (χ2v) is 4.84. The maximum absolute atomic E-state index is 6.21. The summed E-state index contributed by atoms with van der Waals surface area (Å²) in [5.74, 6) is 0. The molecule has 1 aliphatic carbocycles. The number of anilines is 1. The fraction of sp³-hybridized carbons (Fsp3) is 0.571. The van der Waals surface area contributed by atoms with Gasteiger partial charge in [-0.25, -0.2) is 0 Å². The molecule has 88 valence electrons. The monoisotopic (exact) mass is 218 g/mol. The first-order valence-corrected chi connectivity index (χ1v) is 6.30. The third-order valence-electron chi connectivity index (χ3n) is 3.53. The summed E-state index contributed by atoms with van der Waals surface area (Å²) in [6.45, 7) is 6.53. The van der Waals surface area contributed by atoms with E-state index in [0.717, 1.165) is 19.5 Å². The Morgan fingerprint density at radius 3 is 2.38 bits per heavy atom. The summed E-state index contributed by atoms with van der Waals surface area (Å²) in [6.07, 6.45) is 3.39. The maximum atomic E-state index is 6.21. The van der Waals surface area contributed by atoms with Crippen molar-refractivity contribution >= 4 is 5.69 Å². The van der Waals surface area contributed by atoms with E-state index in [9.17, 15) is 0 Å². The first-order valence-electron chi connectivity index (χ1n) is 6.30. The lowest BCUT2D eigenvalue weighted by atomic mass is 10.0. The summed E-state index contributed by atoms with van der Waals surface area (Å²) >= 11 is 0. The van der Waals surface area contributed by atoms with Gasteiger partial charge >= 0.3 is 0 Å². The average Bonchev–Trinajstić information content (AvgIpc) is 3.00. The van der Waals surface area contributed by atoms with Crippen molar-refractivity contribution in [3.63, 3.8) is 0 Å². The Morgan fingerprint density at radius 2 is 1.81 bits per heavy atom. The normalized spacial score (nSPS) is 17.2. The van der Waals surface area contributed by atoms with Gasteiger partial charge in [0.05, 0.1) is 0 Å². The van der Waals surface area contributed by atoms with E-state index in [1.807, 2.05) is 0 Å². The van der Waals surface area contributed by atoms with Crippen LogP contribution in [0.2, 0.25) is 0 Å². The first kappa shape index (κ1) is 11.5. The van der Waals surface area contributed by atoms with Gasteiger partial charge in [-0.05, 0) is 44.7 Å². The van der Waals surface area contributed by atoms with E-state index >= 15 is 0 Å². The van der Waals surface area contributed by atoms with Crippen LogP contribution in [0.25, 0.3) is 0 Å². The summed E-state index contributed by atoms with van der Waals surface area (Å²) < 4.78 is 0. The van der Waals surface area contributed by atoms with Crippen molar-refractivity contribution in [1.82, 2.24) is 0 Å². The molecular weight excluding hydrogens is 196 g/mol. The van der Waals surface area contributed by atoms with E-state index < -0.39 is 0 Å². The van der Waals surface area contributed by atoms with Crippen LogP contribution in [0.1, 0.15) is 32.3 Å². The van der Waals surface area contributed by atoms with Crippen LogP contribution in [0.3, 0.4) is 0 Å². The minimum absolute atomic E-state index is 0.100. The third kappa shape index (κ3) is 2.38. The van der Waals surface area contributed by atoms with Gasteiger partial charge in [0.1, 0.15) is 0 Å². The van der Waals surface area contributed by atoms with E-state index in [0.29, 0.717) is 0 Å². The molecule has 2 rings (SSSR count). The van der Waals surface area contributed by atoms with E-state index in [4.69, 9.17) is 5.73 Å². The topological polar surface area (TPSA) is 29.3 Å². The van der Waals surface area contributed by atoms with Gasteiger partial charge in [-0.3, -0.25) is 0 Å². The predicted octanol–water partition coefficient (Wildman–Crippen LogP) is 2.57. The molecular formula is C14H22N2. The SMILES string of the molecule is CCN(CC)c1ccccc1CC1(N)CC1. The van der Waals surface area contributed by atoms with Gasteiger partial charge in [-0.15, -0.1) is 0 Å². The molecule has 0 saturated heterocycles. The van der Waals surface area contributed by atoms with Gasteiger partial charge in [0.2, 0.25) is 0 Å². The summed E-state index contributed by atoms with van der Waals surface area (Å²) in [5.41, 5.74) is 9.09. The molecule has 16 heavy (non-hydrogen) atoms. The summed E-state index contributed by atoms with van der Waals surface area (Å²) in [5, 5.41) is 0. The van der Waals surface area contributed by atoms with Crippen molar-refractivity contribution in [2.75, 3.05) is 18.0 Å². The van der Waals surface area contributed by atoms with Gasteiger partial charge in [0.15, 0.2) is 0 Å². The van der Waals surface area contributed by atoms with Crippen LogP contribution in [-0.4, -0.2) is 18.6 Å². The number of nitrogens with zero attached hydrogens (tertiary/aromatic N) is 1. The number of benzene rings is 1. The highest BCUT2D eigenvalue weighted by Crippen LogP contribution is 2.37. The molecule has 1 aromatic rings. The van der Waals surface area contributed by atoms with Crippen LogP contribution in [0.15, 0.2) is 24.3 Å². The Labute approximate surface area is 98.4 Å². The molecule has 0 atom stereocenters. The van der Waals surface area contributed by atoms with Crippen LogP contribution < -0.4 is 10.6 Å². The van der Waals surface area contributed by atoms with Crippen molar-refractivity contribution in [2.24, 2.45) is 5.73 Å². The molecule has 0 bridgehead atoms. The Balaban J connectivity index is 2.22. The molecule has 0 aliphatic heterocycles. The second-order valence-electron chi connectivity index (χ2n) is 4.84. The van der Waals surface area contributed by atoms with Crippen LogP contribution in [0, 0.1) is 0 Å². The molecule has 0 unspecified atom stereocenters. The Hall–Kier alpha value is -1.02. The zero-order valence-electron chi connectivity index (χ0n) is 10.4. The zero-order valence-corrected chi connectivity index (χ0v) is 10.4.